The van der Waals surface area contributed by atoms with Gasteiger partial charge in [-0.1, -0.05) is 54.6 Å². The number of pyridine rings is 2. The van der Waals surface area contributed by atoms with Crippen LogP contribution in [0, 0.1) is 0 Å². The molecule has 0 bridgehead atoms. The molecular formula is C37H25N5. The average molecular weight is 540 g/mol. The van der Waals surface area contributed by atoms with Gasteiger partial charge in [-0.05, 0) is 84.9 Å². The summed E-state index contributed by atoms with van der Waals surface area (Å²) >= 11 is 0. The van der Waals surface area contributed by atoms with Gasteiger partial charge in [0.15, 0.2) is 0 Å². The first-order chi connectivity index (χ1) is 20.9. The second-order valence-electron chi connectivity index (χ2n) is 10.2. The highest BCUT2D eigenvalue weighted by atomic mass is 15.1. The molecule has 0 atom stereocenters. The van der Waals surface area contributed by atoms with Crippen molar-refractivity contribution in [3.63, 3.8) is 0 Å². The normalized spacial score (nSPS) is 11.3. The molecule has 8 rings (SSSR count). The van der Waals surface area contributed by atoms with Crippen LogP contribution < -0.4 is 4.90 Å². The van der Waals surface area contributed by atoms with Crippen LogP contribution in [0.25, 0.3) is 49.9 Å². The van der Waals surface area contributed by atoms with Crippen LogP contribution in [-0.2, 0) is 0 Å². The summed E-state index contributed by atoms with van der Waals surface area (Å²) in [5.41, 5.74) is 9.02. The molecule has 0 aliphatic rings. The van der Waals surface area contributed by atoms with Gasteiger partial charge in [-0.15, -0.1) is 0 Å². The van der Waals surface area contributed by atoms with E-state index in [1.807, 2.05) is 42.7 Å². The SMILES string of the molecule is c1ccc(N(c2ccccc2)c2ccc(-c3nc4c5cccnc5c5ncccc5c4n3-c3ccccc3)cc2)cc1. The minimum absolute atomic E-state index is 0.863. The quantitative estimate of drug-likeness (QED) is 0.205. The zero-order valence-corrected chi connectivity index (χ0v) is 22.7. The molecule has 3 heterocycles. The predicted octanol–water partition coefficient (Wildman–Crippen LogP) is 9.26. The van der Waals surface area contributed by atoms with Crippen LogP contribution >= 0.6 is 0 Å². The number of hydrogen-bond acceptors (Lipinski definition) is 4. The third kappa shape index (κ3) is 3.91. The van der Waals surface area contributed by atoms with Gasteiger partial charge in [0.25, 0.3) is 0 Å². The number of benzene rings is 5. The highest BCUT2D eigenvalue weighted by molar-refractivity contribution is 6.21. The van der Waals surface area contributed by atoms with Crippen molar-refractivity contribution in [3.05, 3.63) is 152 Å². The van der Waals surface area contributed by atoms with E-state index in [9.17, 15) is 0 Å². The Bertz CT molecular complexity index is 2130. The summed E-state index contributed by atoms with van der Waals surface area (Å²) in [6.45, 7) is 0. The van der Waals surface area contributed by atoms with Crippen LogP contribution in [0.4, 0.5) is 17.1 Å². The lowest BCUT2D eigenvalue weighted by atomic mass is 10.1. The van der Waals surface area contributed by atoms with Crippen molar-refractivity contribution in [2.45, 2.75) is 0 Å². The first-order valence-electron chi connectivity index (χ1n) is 14.0. The molecule has 0 N–H and O–H groups in total. The van der Waals surface area contributed by atoms with E-state index in [2.05, 4.69) is 119 Å². The van der Waals surface area contributed by atoms with Crippen molar-refractivity contribution in [3.8, 4) is 17.1 Å². The van der Waals surface area contributed by atoms with E-state index in [-0.39, 0.29) is 0 Å². The summed E-state index contributed by atoms with van der Waals surface area (Å²) in [5.74, 6) is 0.871. The minimum atomic E-state index is 0.863. The van der Waals surface area contributed by atoms with E-state index in [4.69, 9.17) is 15.0 Å². The maximum Gasteiger partial charge on any atom is 0.145 e. The molecule has 0 saturated carbocycles. The molecule has 0 unspecified atom stereocenters. The van der Waals surface area contributed by atoms with Crippen molar-refractivity contribution >= 4 is 49.9 Å². The Kier molecular flexibility index (Phi) is 5.71. The van der Waals surface area contributed by atoms with Crippen LogP contribution in [0.2, 0.25) is 0 Å². The second kappa shape index (κ2) is 9.98. The van der Waals surface area contributed by atoms with Crippen LogP contribution in [0.1, 0.15) is 0 Å². The van der Waals surface area contributed by atoms with Gasteiger partial charge < -0.3 is 4.90 Å². The van der Waals surface area contributed by atoms with Gasteiger partial charge in [0.2, 0.25) is 0 Å². The van der Waals surface area contributed by atoms with Crippen molar-refractivity contribution in [1.29, 1.82) is 0 Å². The first-order valence-corrected chi connectivity index (χ1v) is 14.0. The number of rotatable bonds is 5. The predicted molar refractivity (Wildman–Crippen MR) is 172 cm³/mol. The van der Waals surface area contributed by atoms with Gasteiger partial charge in [-0.25, -0.2) is 4.98 Å². The van der Waals surface area contributed by atoms with Crippen molar-refractivity contribution in [2.75, 3.05) is 4.90 Å². The zero-order valence-electron chi connectivity index (χ0n) is 22.7. The Labute approximate surface area is 243 Å². The lowest BCUT2D eigenvalue weighted by Gasteiger charge is -2.25. The molecule has 198 valence electrons. The van der Waals surface area contributed by atoms with Gasteiger partial charge >= 0.3 is 0 Å². The molecule has 0 spiro atoms. The smallest absolute Gasteiger partial charge is 0.145 e. The zero-order chi connectivity index (χ0) is 27.9. The number of anilines is 3. The van der Waals surface area contributed by atoms with E-state index in [1.165, 1.54) is 0 Å². The number of nitrogens with zero attached hydrogens (tertiary/aromatic N) is 5. The van der Waals surface area contributed by atoms with Crippen molar-refractivity contribution in [1.82, 2.24) is 19.5 Å². The Morgan fingerprint density at radius 2 is 0.976 bits per heavy atom. The van der Waals surface area contributed by atoms with E-state index in [1.54, 1.807) is 0 Å². The van der Waals surface area contributed by atoms with Gasteiger partial charge in [0, 0.05) is 51.5 Å². The van der Waals surface area contributed by atoms with Crippen LogP contribution in [0.5, 0.6) is 0 Å². The number of hydrogen-bond donors (Lipinski definition) is 0. The number of fused-ring (bicyclic) bond motifs is 6. The molecular weight excluding hydrogens is 514 g/mol. The fourth-order valence-corrected chi connectivity index (χ4v) is 5.81. The Hall–Kier alpha value is -5.81. The Morgan fingerprint density at radius 3 is 1.60 bits per heavy atom. The summed E-state index contributed by atoms with van der Waals surface area (Å²) < 4.78 is 2.26. The van der Waals surface area contributed by atoms with E-state index < -0.39 is 0 Å². The van der Waals surface area contributed by atoms with Gasteiger partial charge in [-0.3, -0.25) is 14.5 Å². The third-order valence-corrected chi connectivity index (χ3v) is 7.65. The van der Waals surface area contributed by atoms with Crippen LogP contribution in [0.3, 0.4) is 0 Å². The standard InChI is InChI=1S/C37H25N5/c1-4-12-27(13-5-1)41(28-14-6-2-7-15-28)30-22-20-26(21-23-30)37-40-35-31-18-10-24-38-33(31)34-32(19-11-25-39-34)36(35)42(37)29-16-8-3-9-17-29/h1-25H. The second-order valence-corrected chi connectivity index (χ2v) is 10.2. The van der Waals surface area contributed by atoms with Crippen molar-refractivity contribution < 1.29 is 0 Å². The molecule has 5 aromatic carbocycles. The molecule has 5 heteroatoms. The molecule has 3 aromatic heterocycles. The van der Waals surface area contributed by atoms with Gasteiger partial charge in [0.1, 0.15) is 5.82 Å². The van der Waals surface area contributed by atoms with Crippen LogP contribution in [-0.4, -0.2) is 19.5 Å². The molecule has 0 radical (unpaired) electrons. The summed E-state index contributed by atoms with van der Waals surface area (Å²) in [6, 6.07) is 48.1. The Morgan fingerprint density at radius 1 is 0.452 bits per heavy atom. The first kappa shape index (κ1) is 24.0. The maximum atomic E-state index is 5.31. The van der Waals surface area contributed by atoms with Gasteiger partial charge in [0.05, 0.1) is 22.1 Å². The minimum Gasteiger partial charge on any atom is -0.311 e. The monoisotopic (exact) mass is 539 g/mol. The fourth-order valence-electron chi connectivity index (χ4n) is 5.81. The lowest BCUT2D eigenvalue weighted by Crippen LogP contribution is -2.09. The van der Waals surface area contributed by atoms with E-state index in [0.717, 1.165) is 67.0 Å². The molecule has 0 saturated heterocycles. The summed E-state index contributed by atoms with van der Waals surface area (Å²) in [7, 11) is 0. The number of imidazole rings is 1. The highest BCUT2D eigenvalue weighted by Crippen LogP contribution is 2.39. The third-order valence-electron chi connectivity index (χ3n) is 7.65. The van der Waals surface area contributed by atoms with E-state index in [0.29, 0.717) is 0 Å². The molecule has 42 heavy (non-hydrogen) atoms. The molecule has 0 aliphatic heterocycles. The molecule has 0 aliphatic carbocycles. The van der Waals surface area contributed by atoms with Crippen molar-refractivity contribution in [2.24, 2.45) is 0 Å². The molecule has 0 fully saturated rings. The number of para-hydroxylation sites is 3. The molecule has 8 aromatic rings. The average Bonchev–Trinajstić information content (AvgIpc) is 3.48. The van der Waals surface area contributed by atoms with Gasteiger partial charge in [-0.2, -0.15) is 0 Å². The Balaban J connectivity index is 1.37. The summed E-state index contributed by atoms with van der Waals surface area (Å²) in [4.78, 5) is 17.0. The summed E-state index contributed by atoms with van der Waals surface area (Å²) in [6.07, 6.45) is 3.65. The lowest BCUT2D eigenvalue weighted by molar-refractivity contribution is 1.11. The molecule has 0 amide bonds. The van der Waals surface area contributed by atoms with Crippen LogP contribution in [0.15, 0.2) is 152 Å². The fraction of sp³-hybridized carbons (Fsp3) is 0. The maximum absolute atomic E-state index is 5.31. The summed E-state index contributed by atoms with van der Waals surface area (Å²) in [5, 5.41) is 2.02. The molecule has 5 nitrogen and oxygen atoms in total. The highest BCUT2D eigenvalue weighted by Gasteiger charge is 2.21. The topological polar surface area (TPSA) is 46.8 Å². The largest absolute Gasteiger partial charge is 0.311 e. The number of aromatic nitrogens is 4. The van der Waals surface area contributed by atoms with E-state index >= 15 is 0 Å².